The van der Waals surface area contributed by atoms with Crippen LogP contribution in [0.15, 0.2) is 0 Å². The number of esters is 1. The summed E-state index contributed by atoms with van der Waals surface area (Å²) >= 11 is 3.76. The van der Waals surface area contributed by atoms with Crippen molar-refractivity contribution in [3.05, 3.63) is 0 Å². The third-order valence-corrected chi connectivity index (χ3v) is 1.47. The van der Waals surface area contributed by atoms with Crippen LogP contribution in [0.4, 0.5) is 0 Å². The molecule has 0 aromatic rings. The maximum absolute atomic E-state index is 10.7. The van der Waals surface area contributed by atoms with Crippen LogP contribution in [0, 0.1) is 0 Å². The van der Waals surface area contributed by atoms with Gasteiger partial charge in [0.2, 0.25) is 6.29 Å². The molecule has 0 aromatic heterocycles. The summed E-state index contributed by atoms with van der Waals surface area (Å²) in [5, 5.41) is 0. The van der Waals surface area contributed by atoms with Crippen molar-refractivity contribution < 1.29 is 19.0 Å². The van der Waals surface area contributed by atoms with Gasteiger partial charge in [0.05, 0.1) is 5.75 Å². The second-order valence-corrected chi connectivity index (χ2v) is 2.69. The molecule has 0 saturated carbocycles. The Morgan fingerprint density at radius 2 is 2.00 bits per heavy atom. The number of carbonyl (C=O) groups excluding carboxylic acids is 1. The third-order valence-electron chi connectivity index (χ3n) is 1.21. The second-order valence-electron chi connectivity index (χ2n) is 2.37. The zero-order chi connectivity index (χ0) is 10.3. The summed E-state index contributed by atoms with van der Waals surface area (Å²) in [5.41, 5.74) is 0. The quantitative estimate of drug-likeness (QED) is 0.405. The van der Waals surface area contributed by atoms with Crippen LogP contribution in [0.25, 0.3) is 0 Å². The molecule has 0 fully saturated rings. The summed E-state index contributed by atoms with van der Waals surface area (Å²) in [7, 11) is 0. The summed E-state index contributed by atoms with van der Waals surface area (Å²) in [6, 6.07) is 0. The lowest BCUT2D eigenvalue weighted by molar-refractivity contribution is -0.226. The SMILES string of the molecule is CCOC(C)OC(C)OC(=O)CS. The van der Waals surface area contributed by atoms with Gasteiger partial charge in [0.25, 0.3) is 0 Å². The molecule has 0 aromatic carbocycles. The monoisotopic (exact) mass is 208 g/mol. The molecule has 2 atom stereocenters. The lowest BCUT2D eigenvalue weighted by Gasteiger charge is -2.18. The highest BCUT2D eigenvalue weighted by atomic mass is 32.1. The highest BCUT2D eigenvalue weighted by molar-refractivity contribution is 7.81. The van der Waals surface area contributed by atoms with E-state index in [1.807, 2.05) is 6.92 Å². The van der Waals surface area contributed by atoms with Gasteiger partial charge in [-0.25, -0.2) is 0 Å². The van der Waals surface area contributed by atoms with E-state index in [0.717, 1.165) is 0 Å². The molecule has 78 valence electrons. The first-order valence-corrected chi connectivity index (χ1v) is 4.80. The van der Waals surface area contributed by atoms with Crippen LogP contribution in [0.5, 0.6) is 0 Å². The maximum Gasteiger partial charge on any atom is 0.317 e. The minimum absolute atomic E-state index is 0.0523. The maximum atomic E-state index is 10.7. The number of ether oxygens (including phenoxy) is 3. The van der Waals surface area contributed by atoms with Crippen molar-refractivity contribution in [2.24, 2.45) is 0 Å². The zero-order valence-electron chi connectivity index (χ0n) is 8.15. The van der Waals surface area contributed by atoms with Crippen molar-refractivity contribution in [2.75, 3.05) is 12.4 Å². The molecule has 0 rings (SSSR count). The largest absolute Gasteiger partial charge is 0.435 e. The molecule has 0 spiro atoms. The van der Waals surface area contributed by atoms with E-state index in [4.69, 9.17) is 14.2 Å². The molecule has 0 saturated heterocycles. The molecule has 0 N–H and O–H groups in total. The molecule has 0 aliphatic heterocycles. The summed E-state index contributed by atoms with van der Waals surface area (Å²) in [6.45, 7) is 5.81. The van der Waals surface area contributed by atoms with Gasteiger partial charge in [-0.1, -0.05) is 0 Å². The Bertz CT molecular complexity index is 151. The van der Waals surface area contributed by atoms with E-state index in [9.17, 15) is 4.79 Å². The molecule has 0 amide bonds. The van der Waals surface area contributed by atoms with Crippen LogP contribution in [-0.4, -0.2) is 30.9 Å². The predicted octanol–water partition coefficient (Wildman–Crippen LogP) is 1.20. The van der Waals surface area contributed by atoms with E-state index in [2.05, 4.69) is 12.6 Å². The number of rotatable bonds is 6. The lowest BCUT2D eigenvalue weighted by atomic mass is 10.6. The van der Waals surface area contributed by atoms with Crippen LogP contribution in [-0.2, 0) is 19.0 Å². The molecule has 0 aliphatic carbocycles. The number of hydrogen-bond donors (Lipinski definition) is 1. The van der Waals surface area contributed by atoms with Crippen molar-refractivity contribution in [1.82, 2.24) is 0 Å². The Kier molecular flexibility index (Phi) is 7.03. The summed E-state index contributed by atoms with van der Waals surface area (Å²) in [5.74, 6) is -0.351. The van der Waals surface area contributed by atoms with Crippen LogP contribution in [0.1, 0.15) is 20.8 Å². The summed E-state index contributed by atoms with van der Waals surface area (Å²) in [6.07, 6.45) is -0.964. The fourth-order valence-electron chi connectivity index (χ4n) is 0.794. The first-order valence-electron chi connectivity index (χ1n) is 4.17. The Labute approximate surface area is 84.0 Å². The molecular weight excluding hydrogens is 192 g/mol. The standard InChI is InChI=1S/C8H16O4S/c1-4-10-6(2)11-7(3)12-8(9)5-13/h6-7,13H,4-5H2,1-3H3. The molecule has 0 radical (unpaired) electrons. The third kappa shape index (κ3) is 6.86. The summed E-state index contributed by atoms with van der Waals surface area (Å²) < 4.78 is 15.1. The van der Waals surface area contributed by atoms with Gasteiger partial charge in [0, 0.05) is 6.61 Å². The first kappa shape index (κ1) is 12.7. The lowest BCUT2D eigenvalue weighted by Crippen LogP contribution is -2.25. The van der Waals surface area contributed by atoms with E-state index >= 15 is 0 Å². The van der Waals surface area contributed by atoms with Crippen LogP contribution in [0.3, 0.4) is 0 Å². The van der Waals surface area contributed by atoms with Crippen molar-refractivity contribution in [3.63, 3.8) is 0 Å². The van der Waals surface area contributed by atoms with E-state index in [-0.39, 0.29) is 12.0 Å². The molecule has 0 heterocycles. The predicted molar refractivity (Wildman–Crippen MR) is 51.6 cm³/mol. The van der Waals surface area contributed by atoms with Gasteiger partial charge in [-0.2, -0.15) is 12.6 Å². The molecule has 5 heteroatoms. The smallest absolute Gasteiger partial charge is 0.317 e. The molecule has 0 aliphatic rings. The van der Waals surface area contributed by atoms with Crippen LogP contribution < -0.4 is 0 Å². The number of hydrogen-bond acceptors (Lipinski definition) is 5. The second kappa shape index (κ2) is 7.17. The van der Waals surface area contributed by atoms with Gasteiger partial charge in [-0.15, -0.1) is 0 Å². The average molecular weight is 208 g/mol. The fourth-order valence-corrected chi connectivity index (χ4v) is 0.869. The highest BCUT2D eigenvalue weighted by Gasteiger charge is 2.11. The number of carbonyl (C=O) groups is 1. The minimum atomic E-state index is -0.596. The molecule has 13 heavy (non-hydrogen) atoms. The van der Waals surface area contributed by atoms with E-state index in [0.29, 0.717) is 6.61 Å². The number of thiol groups is 1. The van der Waals surface area contributed by atoms with Gasteiger partial charge in [0.15, 0.2) is 6.29 Å². The van der Waals surface area contributed by atoms with Crippen molar-refractivity contribution in [2.45, 2.75) is 33.4 Å². The van der Waals surface area contributed by atoms with Gasteiger partial charge in [0.1, 0.15) is 0 Å². The average Bonchev–Trinajstić information content (AvgIpc) is 2.04. The Balaban J connectivity index is 3.60. The Morgan fingerprint density at radius 3 is 2.46 bits per heavy atom. The Morgan fingerprint density at radius 1 is 1.38 bits per heavy atom. The fraction of sp³-hybridized carbons (Fsp3) is 0.875. The molecular formula is C8H16O4S. The van der Waals surface area contributed by atoms with Crippen molar-refractivity contribution in [1.29, 1.82) is 0 Å². The van der Waals surface area contributed by atoms with Gasteiger partial charge in [-0.3, -0.25) is 4.79 Å². The highest BCUT2D eigenvalue weighted by Crippen LogP contribution is 2.01. The van der Waals surface area contributed by atoms with Crippen molar-refractivity contribution in [3.8, 4) is 0 Å². The molecule has 2 unspecified atom stereocenters. The Hall–Kier alpha value is -0.260. The van der Waals surface area contributed by atoms with Crippen molar-refractivity contribution >= 4 is 18.6 Å². The minimum Gasteiger partial charge on any atom is -0.435 e. The van der Waals surface area contributed by atoms with Gasteiger partial charge >= 0.3 is 5.97 Å². The van der Waals surface area contributed by atoms with E-state index < -0.39 is 12.3 Å². The van der Waals surface area contributed by atoms with Crippen LogP contribution in [0.2, 0.25) is 0 Å². The van der Waals surface area contributed by atoms with E-state index in [1.165, 1.54) is 0 Å². The van der Waals surface area contributed by atoms with Gasteiger partial charge in [-0.05, 0) is 20.8 Å². The summed E-state index contributed by atoms with van der Waals surface area (Å²) in [4.78, 5) is 10.7. The first-order chi connectivity index (χ1) is 6.10. The van der Waals surface area contributed by atoms with Gasteiger partial charge < -0.3 is 14.2 Å². The molecule has 0 bridgehead atoms. The van der Waals surface area contributed by atoms with E-state index in [1.54, 1.807) is 13.8 Å². The van der Waals surface area contributed by atoms with Crippen LogP contribution >= 0.6 is 12.6 Å². The molecule has 4 nitrogen and oxygen atoms in total. The zero-order valence-corrected chi connectivity index (χ0v) is 9.04. The topological polar surface area (TPSA) is 44.8 Å². The normalized spacial score (nSPS) is 15.1.